The molecule has 1 amide bonds. The van der Waals surface area contributed by atoms with Crippen molar-refractivity contribution in [3.63, 3.8) is 0 Å². The maximum Gasteiger partial charge on any atom is 0.221 e. The molecule has 0 aliphatic heterocycles. The Bertz CT molecular complexity index is 526. The lowest BCUT2D eigenvalue weighted by Crippen LogP contribution is -2.51. The summed E-state index contributed by atoms with van der Waals surface area (Å²) in [6, 6.07) is 8.75. The van der Waals surface area contributed by atoms with Crippen LogP contribution in [0.1, 0.15) is 37.7 Å². The van der Waals surface area contributed by atoms with Crippen molar-refractivity contribution in [3.8, 4) is 0 Å². The van der Waals surface area contributed by atoms with Gasteiger partial charge < -0.3 is 11.1 Å². The third-order valence-electron chi connectivity index (χ3n) is 5.93. The van der Waals surface area contributed by atoms with E-state index < -0.39 is 0 Å². The molecule has 1 aromatic carbocycles. The monoisotopic (exact) mass is 284 g/mol. The standard InChI is InChI=1S/C18H24N2O/c19-17(21)10-13-3-1-2-4-16(13)20-18-14-6-11-5-12(8-14)9-15(18)7-11/h1-4,11-12,14-15,18,20H,5-10H2,(H2,19,21). The molecule has 0 heterocycles. The van der Waals surface area contributed by atoms with Gasteiger partial charge in [0.05, 0.1) is 6.42 Å². The summed E-state index contributed by atoms with van der Waals surface area (Å²) in [7, 11) is 0. The van der Waals surface area contributed by atoms with Crippen LogP contribution >= 0.6 is 0 Å². The number of carbonyl (C=O) groups is 1. The SMILES string of the molecule is NC(=O)Cc1ccccc1NC1C2CC3CC(C2)CC1C3. The largest absolute Gasteiger partial charge is 0.382 e. The van der Waals surface area contributed by atoms with Gasteiger partial charge in [0.15, 0.2) is 0 Å². The van der Waals surface area contributed by atoms with Gasteiger partial charge in [-0.05, 0) is 67.4 Å². The van der Waals surface area contributed by atoms with Crippen LogP contribution in [-0.2, 0) is 11.2 Å². The molecule has 0 saturated heterocycles. The number of primary amides is 1. The molecule has 21 heavy (non-hydrogen) atoms. The van der Waals surface area contributed by atoms with Crippen LogP contribution in [0, 0.1) is 23.7 Å². The zero-order chi connectivity index (χ0) is 14.4. The number of anilines is 1. The summed E-state index contributed by atoms with van der Waals surface area (Å²) in [4.78, 5) is 11.3. The molecule has 112 valence electrons. The van der Waals surface area contributed by atoms with E-state index in [4.69, 9.17) is 5.73 Å². The zero-order valence-corrected chi connectivity index (χ0v) is 12.4. The van der Waals surface area contributed by atoms with Crippen molar-refractivity contribution in [3.05, 3.63) is 29.8 Å². The molecule has 3 nitrogen and oxygen atoms in total. The van der Waals surface area contributed by atoms with Crippen LogP contribution in [0.4, 0.5) is 5.69 Å². The van der Waals surface area contributed by atoms with Crippen molar-refractivity contribution in [2.24, 2.45) is 29.4 Å². The zero-order valence-electron chi connectivity index (χ0n) is 12.4. The first-order valence-electron chi connectivity index (χ1n) is 8.32. The minimum atomic E-state index is -0.255. The fourth-order valence-electron chi connectivity index (χ4n) is 5.34. The van der Waals surface area contributed by atoms with Crippen molar-refractivity contribution in [2.75, 3.05) is 5.32 Å². The summed E-state index contributed by atoms with van der Waals surface area (Å²) in [6.45, 7) is 0. The van der Waals surface area contributed by atoms with E-state index in [1.54, 1.807) is 0 Å². The number of benzene rings is 1. The maximum atomic E-state index is 11.3. The van der Waals surface area contributed by atoms with E-state index in [2.05, 4.69) is 11.4 Å². The van der Waals surface area contributed by atoms with E-state index in [0.29, 0.717) is 12.5 Å². The highest BCUT2D eigenvalue weighted by atomic mass is 16.1. The molecule has 3 heteroatoms. The number of hydrogen-bond donors (Lipinski definition) is 2. The second-order valence-electron chi connectivity index (χ2n) is 7.40. The van der Waals surface area contributed by atoms with Gasteiger partial charge in [-0.1, -0.05) is 18.2 Å². The first kappa shape index (κ1) is 13.2. The Hall–Kier alpha value is -1.51. The summed E-state index contributed by atoms with van der Waals surface area (Å²) in [5.41, 5.74) is 7.54. The molecule has 4 bridgehead atoms. The Labute approximate surface area is 126 Å². The van der Waals surface area contributed by atoms with Crippen molar-refractivity contribution in [1.29, 1.82) is 0 Å². The second-order valence-corrected chi connectivity index (χ2v) is 7.40. The maximum absolute atomic E-state index is 11.3. The number of carbonyl (C=O) groups excluding carboxylic acids is 1. The smallest absolute Gasteiger partial charge is 0.221 e. The summed E-state index contributed by atoms with van der Waals surface area (Å²) in [5, 5.41) is 3.79. The Balaban J connectivity index is 1.55. The number of nitrogens with one attached hydrogen (secondary N) is 1. The third-order valence-corrected chi connectivity index (χ3v) is 5.93. The third kappa shape index (κ3) is 2.43. The molecule has 4 fully saturated rings. The van der Waals surface area contributed by atoms with Gasteiger partial charge in [-0.25, -0.2) is 0 Å². The predicted octanol–water partition coefficient (Wildman–Crippen LogP) is 2.95. The van der Waals surface area contributed by atoms with Gasteiger partial charge in [-0.15, -0.1) is 0 Å². The fraction of sp³-hybridized carbons (Fsp3) is 0.611. The van der Waals surface area contributed by atoms with Gasteiger partial charge in [-0.3, -0.25) is 4.79 Å². The van der Waals surface area contributed by atoms with Crippen molar-refractivity contribution < 1.29 is 4.79 Å². The van der Waals surface area contributed by atoms with Gasteiger partial charge in [0, 0.05) is 11.7 Å². The lowest BCUT2D eigenvalue weighted by Gasteiger charge is -2.54. The van der Waals surface area contributed by atoms with Crippen molar-refractivity contribution in [1.82, 2.24) is 0 Å². The molecule has 0 aromatic heterocycles. The summed E-state index contributed by atoms with van der Waals surface area (Å²) < 4.78 is 0. The van der Waals surface area contributed by atoms with E-state index in [9.17, 15) is 4.79 Å². The van der Waals surface area contributed by atoms with Gasteiger partial charge in [0.2, 0.25) is 5.91 Å². The first-order valence-corrected chi connectivity index (χ1v) is 8.32. The quantitative estimate of drug-likeness (QED) is 0.893. The molecule has 4 aliphatic rings. The van der Waals surface area contributed by atoms with Crippen LogP contribution < -0.4 is 11.1 Å². The molecular formula is C18H24N2O. The number of rotatable bonds is 4. The Morgan fingerprint density at radius 2 is 1.67 bits per heavy atom. The van der Waals surface area contributed by atoms with Gasteiger partial charge in [-0.2, -0.15) is 0 Å². The highest BCUT2D eigenvalue weighted by Gasteiger charge is 2.48. The number of hydrogen-bond acceptors (Lipinski definition) is 2. The summed E-state index contributed by atoms with van der Waals surface area (Å²) >= 11 is 0. The second kappa shape index (κ2) is 5.04. The van der Waals surface area contributed by atoms with Gasteiger partial charge in [0.1, 0.15) is 0 Å². The normalized spacial score (nSPS) is 36.7. The molecule has 0 radical (unpaired) electrons. The summed E-state index contributed by atoms with van der Waals surface area (Å²) in [5.74, 6) is 3.40. The molecule has 5 rings (SSSR count). The fourth-order valence-corrected chi connectivity index (χ4v) is 5.34. The molecule has 3 N–H and O–H groups in total. The lowest BCUT2D eigenvalue weighted by molar-refractivity contribution is -0.117. The number of amides is 1. The Morgan fingerprint density at radius 3 is 2.29 bits per heavy atom. The first-order chi connectivity index (χ1) is 10.2. The van der Waals surface area contributed by atoms with Gasteiger partial charge in [0.25, 0.3) is 0 Å². The molecule has 0 atom stereocenters. The molecule has 0 spiro atoms. The number of para-hydroxylation sites is 1. The van der Waals surface area contributed by atoms with E-state index >= 15 is 0 Å². The van der Waals surface area contributed by atoms with Crippen molar-refractivity contribution >= 4 is 11.6 Å². The van der Waals surface area contributed by atoms with E-state index in [0.717, 1.165) is 34.9 Å². The Kier molecular flexibility index (Phi) is 3.16. The van der Waals surface area contributed by atoms with Crippen LogP contribution in [0.2, 0.25) is 0 Å². The molecule has 0 unspecified atom stereocenters. The number of nitrogens with two attached hydrogens (primary N) is 1. The predicted molar refractivity (Wildman–Crippen MR) is 83.8 cm³/mol. The minimum absolute atomic E-state index is 0.255. The average Bonchev–Trinajstić information content (AvgIpc) is 2.43. The molecule has 1 aromatic rings. The minimum Gasteiger partial charge on any atom is -0.382 e. The van der Waals surface area contributed by atoms with E-state index in [1.165, 1.54) is 32.1 Å². The van der Waals surface area contributed by atoms with Crippen LogP contribution in [-0.4, -0.2) is 11.9 Å². The van der Waals surface area contributed by atoms with E-state index in [-0.39, 0.29) is 5.91 Å². The Morgan fingerprint density at radius 1 is 1.05 bits per heavy atom. The molecule has 4 aliphatic carbocycles. The van der Waals surface area contributed by atoms with Gasteiger partial charge >= 0.3 is 0 Å². The van der Waals surface area contributed by atoms with Crippen LogP contribution in [0.3, 0.4) is 0 Å². The van der Waals surface area contributed by atoms with Crippen molar-refractivity contribution in [2.45, 2.75) is 44.6 Å². The topological polar surface area (TPSA) is 55.1 Å². The van der Waals surface area contributed by atoms with Crippen LogP contribution in [0.5, 0.6) is 0 Å². The van der Waals surface area contributed by atoms with Crippen LogP contribution in [0.15, 0.2) is 24.3 Å². The van der Waals surface area contributed by atoms with E-state index in [1.807, 2.05) is 18.2 Å². The molecule has 4 saturated carbocycles. The highest BCUT2D eigenvalue weighted by molar-refractivity contribution is 5.78. The highest BCUT2D eigenvalue weighted by Crippen LogP contribution is 2.54. The van der Waals surface area contributed by atoms with Crippen LogP contribution in [0.25, 0.3) is 0 Å². The lowest BCUT2D eigenvalue weighted by atomic mass is 9.54. The summed E-state index contributed by atoms with van der Waals surface area (Å²) in [6.07, 6.45) is 7.44. The molecular weight excluding hydrogens is 260 g/mol. The average molecular weight is 284 g/mol.